The van der Waals surface area contributed by atoms with Crippen LogP contribution in [-0.2, 0) is 9.59 Å². The Bertz CT molecular complexity index is 489. The monoisotopic (exact) mass is 269 g/mol. The molecule has 8 heteroatoms. The number of nitrogens with one attached hydrogen (secondary N) is 1. The minimum Gasteiger partial charge on any atom is -0.512 e. The lowest BCUT2D eigenvalue weighted by Crippen LogP contribution is -2.17. The number of carboxylic acid groups (broad SMARTS) is 1. The van der Waals surface area contributed by atoms with Crippen LogP contribution < -0.4 is 5.32 Å². The fourth-order valence-electron chi connectivity index (χ4n) is 0.981. The summed E-state index contributed by atoms with van der Waals surface area (Å²) < 4.78 is 0. The zero-order chi connectivity index (χ0) is 13.5. The van der Waals surface area contributed by atoms with Crippen LogP contribution in [0.25, 0.3) is 0 Å². The minimum absolute atomic E-state index is 0.105. The smallest absolute Gasteiger partial charge is 0.325 e. The molecule has 7 nitrogen and oxygen atoms in total. The Morgan fingerprint density at radius 1 is 1.56 bits per heavy atom. The molecule has 1 amide bonds. The molecule has 1 heterocycles. The number of aliphatic carboxylic acids is 1. The number of carbonyl (C=O) groups excluding carboxylic acids is 1. The fraction of sp³-hybridized carbons (Fsp3) is 0.200. The van der Waals surface area contributed by atoms with Crippen molar-refractivity contribution in [3.8, 4) is 0 Å². The highest BCUT2D eigenvalue weighted by Gasteiger charge is 2.12. The molecule has 1 aromatic rings. The third-order valence-corrected chi connectivity index (χ3v) is 2.42. The van der Waals surface area contributed by atoms with Crippen LogP contribution in [0.1, 0.15) is 6.92 Å². The van der Waals surface area contributed by atoms with Crippen molar-refractivity contribution < 1.29 is 19.8 Å². The van der Waals surface area contributed by atoms with Crippen LogP contribution in [0.5, 0.6) is 0 Å². The van der Waals surface area contributed by atoms with Crippen molar-refractivity contribution in [2.24, 2.45) is 4.99 Å². The van der Waals surface area contributed by atoms with Crippen molar-refractivity contribution in [3.05, 3.63) is 22.9 Å². The maximum Gasteiger partial charge on any atom is 0.325 e. The van der Waals surface area contributed by atoms with Gasteiger partial charge in [0.25, 0.3) is 5.91 Å². The first-order valence-electron chi connectivity index (χ1n) is 4.83. The standard InChI is InChI=1S/C10H11N3O4S/c1-6(14)7(4-11-5-8(15)16)9(17)13-10-12-2-3-18-10/h2-4,14H,5H2,1H3,(H,15,16)(H,12,13,17)/b7-6-,11-4?. The summed E-state index contributed by atoms with van der Waals surface area (Å²) in [6.45, 7) is 0.838. The van der Waals surface area contributed by atoms with Gasteiger partial charge in [-0.3, -0.25) is 19.9 Å². The van der Waals surface area contributed by atoms with E-state index in [2.05, 4.69) is 15.3 Å². The lowest BCUT2D eigenvalue weighted by atomic mass is 10.2. The second kappa shape index (κ2) is 6.50. The normalized spacial score (nSPS) is 12.3. The van der Waals surface area contributed by atoms with Gasteiger partial charge in [0, 0.05) is 17.8 Å². The van der Waals surface area contributed by atoms with Gasteiger partial charge in [0.1, 0.15) is 12.3 Å². The van der Waals surface area contributed by atoms with E-state index in [-0.39, 0.29) is 11.3 Å². The molecule has 0 unspecified atom stereocenters. The predicted octanol–water partition coefficient (Wildman–Crippen LogP) is 1.07. The quantitative estimate of drug-likeness (QED) is 0.420. The summed E-state index contributed by atoms with van der Waals surface area (Å²) in [6, 6.07) is 0. The number of thiazole rings is 1. The van der Waals surface area contributed by atoms with Crippen LogP contribution in [0.4, 0.5) is 5.13 Å². The number of aliphatic imine (C=N–C) groups is 1. The topological polar surface area (TPSA) is 112 Å². The van der Waals surface area contributed by atoms with Gasteiger partial charge >= 0.3 is 5.97 Å². The highest BCUT2D eigenvalue weighted by Crippen LogP contribution is 2.12. The van der Waals surface area contributed by atoms with E-state index < -0.39 is 18.4 Å². The number of aromatic nitrogens is 1. The van der Waals surface area contributed by atoms with Crippen molar-refractivity contribution in [2.75, 3.05) is 11.9 Å². The lowest BCUT2D eigenvalue weighted by molar-refractivity contribution is -0.135. The third kappa shape index (κ3) is 4.34. The number of carboxylic acids is 1. The molecule has 0 bridgehead atoms. The van der Waals surface area contributed by atoms with Crippen LogP contribution >= 0.6 is 11.3 Å². The molecule has 1 rings (SSSR count). The Balaban J connectivity index is 2.74. The largest absolute Gasteiger partial charge is 0.512 e. The first-order chi connectivity index (χ1) is 8.50. The average molecular weight is 269 g/mol. The fourth-order valence-corrected chi connectivity index (χ4v) is 1.50. The molecule has 0 aromatic carbocycles. The van der Waals surface area contributed by atoms with E-state index in [1.807, 2.05) is 0 Å². The number of hydrogen-bond donors (Lipinski definition) is 3. The van der Waals surface area contributed by atoms with Crippen LogP contribution in [0.3, 0.4) is 0 Å². The van der Waals surface area contributed by atoms with Crippen molar-refractivity contribution >= 4 is 34.6 Å². The SMILES string of the molecule is C/C(O)=C(\C=NCC(=O)O)C(=O)Nc1nccs1. The summed E-state index contributed by atoms with van der Waals surface area (Å²) in [4.78, 5) is 29.4. The molecule has 0 fully saturated rings. The summed E-state index contributed by atoms with van der Waals surface area (Å²) in [5.41, 5.74) is -0.105. The molecule has 0 aliphatic heterocycles. The summed E-state index contributed by atoms with van der Waals surface area (Å²) >= 11 is 1.22. The molecule has 1 aromatic heterocycles. The van der Waals surface area contributed by atoms with Gasteiger partial charge in [0.2, 0.25) is 0 Å². The van der Waals surface area contributed by atoms with E-state index in [9.17, 15) is 14.7 Å². The molecule has 0 spiro atoms. The summed E-state index contributed by atoms with van der Waals surface area (Å²) in [6.07, 6.45) is 2.54. The number of amides is 1. The molecule has 0 atom stereocenters. The molecular weight excluding hydrogens is 258 g/mol. The van der Waals surface area contributed by atoms with Crippen molar-refractivity contribution in [1.82, 2.24) is 4.98 Å². The molecule has 0 aliphatic rings. The number of aliphatic hydroxyl groups excluding tert-OH is 1. The van der Waals surface area contributed by atoms with E-state index in [0.717, 1.165) is 6.21 Å². The molecule has 0 saturated heterocycles. The van der Waals surface area contributed by atoms with Gasteiger partial charge in [-0.05, 0) is 6.92 Å². The summed E-state index contributed by atoms with van der Waals surface area (Å²) in [5, 5.41) is 22.3. The summed E-state index contributed by atoms with van der Waals surface area (Å²) in [5.74, 6) is -1.97. The number of hydrogen-bond acceptors (Lipinski definition) is 6. The van der Waals surface area contributed by atoms with E-state index >= 15 is 0 Å². The highest BCUT2D eigenvalue weighted by atomic mass is 32.1. The number of carbonyl (C=O) groups is 2. The zero-order valence-corrected chi connectivity index (χ0v) is 10.3. The van der Waals surface area contributed by atoms with E-state index in [1.165, 1.54) is 24.5 Å². The minimum atomic E-state index is -1.12. The van der Waals surface area contributed by atoms with Crippen LogP contribution in [0.15, 0.2) is 27.9 Å². The molecule has 18 heavy (non-hydrogen) atoms. The van der Waals surface area contributed by atoms with Gasteiger partial charge in [-0.25, -0.2) is 4.98 Å². The van der Waals surface area contributed by atoms with Gasteiger partial charge in [-0.15, -0.1) is 11.3 Å². The van der Waals surface area contributed by atoms with Gasteiger partial charge in [-0.2, -0.15) is 0 Å². The van der Waals surface area contributed by atoms with Crippen LogP contribution in [0.2, 0.25) is 0 Å². The zero-order valence-electron chi connectivity index (χ0n) is 9.45. The van der Waals surface area contributed by atoms with E-state index in [1.54, 1.807) is 5.38 Å². The number of nitrogens with zero attached hydrogens (tertiary/aromatic N) is 2. The molecule has 0 radical (unpaired) electrons. The van der Waals surface area contributed by atoms with Gasteiger partial charge in [0.05, 0.1) is 5.57 Å². The molecule has 0 aliphatic carbocycles. The number of rotatable bonds is 5. The first kappa shape index (κ1) is 13.8. The van der Waals surface area contributed by atoms with Gasteiger partial charge in [-0.1, -0.05) is 0 Å². The number of anilines is 1. The van der Waals surface area contributed by atoms with E-state index in [4.69, 9.17) is 5.11 Å². The molecule has 96 valence electrons. The second-order valence-corrected chi connectivity index (χ2v) is 4.05. The first-order valence-corrected chi connectivity index (χ1v) is 5.71. The second-order valence-electron chi connectivity index (χ2n) is 3.15. The summed E-state index contributed by atoms with van der Waals surface area (Å²) in [7, 11) is 0. The molecule has 0 saturated carbocycles. The highest BCUT2D eigenvalue weighted by molar-refractivity contribution is 7.13. The Hall–Kier alpha value is -2.22. The third-order valence-electron chi connectivity index (χ3n) is 1.73. The Morgan fingerprint density at radius 2 is 2.28 bits per heavy atom. The number of aliphatic hydroxyl groups is 1. The lowest BCUT2D eigenvalue weighted by Gasteiger charge is -2.03. The molecular formula is C10H11N3O4S. The maximum atomic E-state index is 11.7. The molecule has 3 N–H and O–H groups in total. The Morgan fingerprint density at radius 3 is 2.78 bits per heavy atom. The maximum absolute atomic E-state index is 11.7. The van der Waals surface area contributed by atoms with Crippen molar-refractivity contribution in [3.63, 3.8) is 0 Å². The Kier molecular flexibility index (Phi) is 5.00. The van der Waals surface area contributed by atoms with E-state index in [0.29, 0.717) is 5.13 Å². The van der Waals surface area contributed by atoms with Gasteiger partial charge in [0.15, 0.2) is 5.13 Å². The van der Waals surface area contributed by atoms with Crippen LogP contribution in [-0.4, -0.2) is 39.8 Å². The predicted molar refractivity (Wildman–Crippen MR) is 67.1 cm³/mol. The van der Waals surface area contributed by atoms with Gasteiger partial charge < -0.3 is 10.2 Å². The van der Waals surface area contributed by atoms with Crippen molar-refractivity contribution in [1.29, 1.82) is 0 Å². The number of allylic oxidation sites excluding steroid dienone is 1. The Labute approximate surface area is 107 Å². The van der Waals surface area contributed by atoms with Crippen molar-refractivity contribution in [2.45, 2.75) is 6.92 Å². The average Bonchev–Trinajstić information content (AvgIpc) is 2.75. The van der Waals surface area contributed by atoms with Crippen LogP contribution in [0, 0.1) is 0 Å².